The maximum absolute atomic E-state index is 11.9. The Bertz CT molecular complexity index is 460. The number of aliphatic hydroxyl groups excluding tert-OH is 3. The lowest BCUT2D eigenvalue weighted by atomic mass is 9.74. The minimum absolute atomic E-state index is 0.175. The van der Waals surface area contributed by atoms with Crippen molar-refractivity contribution in [2.45, 2.75) is 110 Å². The zero-order valence-electron chi connectivity index (χ0n) is 18.3. The molecule has 0 aromatic carbocycles. The van der Waals surface area contributed by atoms with Gasteiger partial charge in [0.05, 0.1) is 18.8 Å². The van der Waals surface area contributed by atoms with Gasteiger partial charge in [0.25, 0.3) is 0 Å². The van der Waals surface area contributed by atoms with Crippen LogP contribution in [0.15, 0.2) is 12.2 Å². The topological polar surface area (TPSA) is 115 Å². The van der Waals surface area contributed by atoms with Gasteiger partial charge in [0.15, 0.2) is 0 Å². The second-order valence-electron chi connectivity index (χ2n) is 8.15. The molecule has 0 aliphatic rings. The third-order valence-electron chi connectivity index (χ3n) is 5.57. The van der Waals surface area contributed by atoms with E-state index in [1.54, 1.807) is 0 Å². The number of hydrogen-bond acceptors (Lipinski definition) is 5. The van der Waals surface area contributed by atoms with Crippen LogP contribution in [-0.2, 0) is 9.59 Å². The smallest absolute Gasteiger partial charge is 0.317 e. The lowest BCUT2D eigenvalue weighted by molar-refractivity contribution is -0.157. The molecule has 0 aromatic rings. The monoisotopic (exact) mass is 414 g/mol. The van der Waals surface area contributed by atoms with Crippen LogP contribution in [0, 0.1) is 5.41 Å². The quantitative estimate of drug-likeness (QED) is 0.144. The second-order valence-corrected chi connectivity index (χ2v) is 8.15. The zero-order valence-corrected chi connectivity index (χ0v) is 18.3. The molecular formula is C23H42O6. The maximum atomic E-state index is 11.9. The summed E-state index contributed by atoms with van der Waals surface area (Å²) in [6, 6.07) is 0. The van der Waals surface area contributed by atoms with Gasteiger partial charge < -0.3 is 20.4 Å². The van der Waals surface area contributed by atoms with Crippen LogP contribution in [0.3, 0.4) is 0 Å². The first-order chi connectivity index (χ1) is 13.8. The number of aliphatic hydroxyl groups is 3. The van der Waals surface area contributed by atoms with Gasteiger partial charge in [-0.3, -0.25) is 9.59 Å². The zero-order chi connectivity index (χ0) is 22.1. The molecule has 2 unspecified atom stereocenters. The highest BCUT2D eigenvalue weighted by atomic mass is 16.4. The van der Waals surface area contributed by atoms with Gasteiger partial charge >= 0.3 is 5.97 Å². The summed E-state index contributed by atoms with van der Waals surface area (Å²) in [5, 5.41) is 38.1. The fraction of sp³-hybridized carbons (Fsp3) is 0.826. The summed E-state index contributed by atoms with van der Waals surface area (Å²) in [6.07, 6.45) is 13.0. The van der Waals surface area contributed by atoms with E-state index in [-0.39, 0.29) is 18.9 Å². The molecular weight excluding hydrogens is 372 g/mol. The number of carboxylic acids is 1. The van der Waals surface area contributed by atoms with E-state index in [0.29, 0.717) is 12.8 Å². The third kappa shape index (κ3) is 12.1. The fourth-order valence-corrected chi connectivity index (χ4v) is 3.57. The number of ketones is 1. The molecule has 0 fully saturated rings. The first-order valence-electron chi connectivity index (χ1n) is 11.2. The van der Waals surface area contributed by atoms with Gasteiger partial charge in [-0.25, -0.2) is 0 Å². The summed E-state index contributed by atoms with van der Waals surface area (Å²) in [7, 11) is 0. The van der Waals surface area contributed by atoms with E-state index in [9.17, 15) is 24.9 Å². The fourth-order valence-electron chi connectivity index (χ4n) is 3.57. The Morgan fingerprint density at radius 3 is 2.17 bits per heavy atom. The van der Waals surface area contributed by atoms with Crippen LogP contribution < -0.4 is 0 Å². The van der Waals surface area contributed by atoms with Crippen LogP contribution in [0.25, 0.3) is 0 Å². The van der Waals surface area contributed by atoms with Crippen molar-refractivity contribution in [1.29, 1.82) is 0 Å². The average Bonchev–Trinajstić information content (AvgIpc) is 2.68. The highest BCUT2D eigenvalue weighted by Gasteiger charge is 2.44. The SMILES string of the molecule is CCCCCC[C@@H](O)C/C=C\CCCCCCC(CC(O)CO)(C(C)=O)C(=O)O. The Labute approximate surface area is 176 Å². The molecule has 0 heterocycles. The van der Waals surface area contributed by atoms with Gasteiger partial charge in [0, 0.05) is 0 Å². The maximum Gasteiger partial charge on any atom is 0.317 e. The number of carboxylic acid groups (broad SMARTS) is 1. The number of carbonyl (C=O) groups is 2. The van der Waals surface area contributed by atoms with Crippen LogP contribution in [0.1, 0.15) is 97.3 Å². The van der Waals surface area contributed by atoms with Gasteiger partial charge in [0.2, 0.25) is 0 Å². The third-order valence-corrected chi connectivity index (χ3v) is 5.57. The number of carbonyl (C=O) groups excluding carboxylic acids is 1. The molecule has 4 N–H and O–H groups in total. The molecule has 6 nitrogen and oxygen atoms in total. The second kappa shape index (κ2) is 16.5. The van der Waals surface area contributed by atoms with Crippen molar-refractivity contribution in [3.8, 4) is 0 Å². The van der Waals surface area contributed by atoms with Gasteiger partial charge in [-0.05, 0) is 45.4 Å². The molecule has 0 aliphatic carbocycles. The molecule has 0 saturated heterocycles. The lowest BCUT2D eigenvalue weighted by Crippen LogP contribution is -2.41. The van der Waals surface area contributed by atoms with Crippen molar-refractivity contribution >= 4 is 11.8 Å². The molecule has 0 aliphatic heterocycles. The highest BCUT2D eigenvalue weighted by molar-refractivity contribution is 6.01. The van der Waals surface area contributed by atoms with E-state index in [1.807, 2.05) is 6.08 Å². The van der Waals surface area contributed by atoms with E-state index in [0.717, 1.165) is 38.5 Å². The normalized spacial score (nSPS) is 15.9. The molecule has 0 aromatic heterocycles. The molecule has 0 radical (unpaired) electrons. The predicted molar refractivity (Wildman–Crippen MR) is 115 cm³/mol. The van der Waals surface area contributed by atoms with Crippen molar-refractivity contribution in [3.63, 3.8) is 0 Å². The van der Waals surface area contributed by atoms with Crippen molar-refractivity contribution < 1.29 is 30.0 Å². The number of aliphatic carboxylic acids is 1. The van der Waals surface area contributed by atoms with E-state index in [1.165, 1.54) is 26.2 Å². The summed E-state index contributed by atoms with van der Waals surface area (Å²) in [4.78, 5) is 23.6. The summed E-state index contributed by atoms with van der Waals surface area (Å²) < 4.78 is 0. The average molecular weight is 415 g/mol. The van der Waals surface area contributed by atoms with Crippen molar-refractivity contribution in [2.24, 2.45) is 5.41 Å². The van der Waals surface area contributed by atoms with E-state index in [2.05, 4.69) is 13.0 Å². The van der Waals surface area contributed by atoms with E-state index < -0.39 is 29.9 Å². The molecule has 0 saturated carbocycles. The molecule has 3 atom stereocenters. The van der Waals surface area contributed by atoms with E-state index in [4.69, 9.17) is 5.11 Å². The van der Waals surface area contributed by atoms with Gasteiger partial charge in [0.1, 0.15) is 11.2 Å². The van der Waals surface area contributed by atoms with Crippen LogP contribution in [0.2, 0.25) is 0 Å². The predicted octanol–water partition coefficient (Wildman–Crippen LogP) is 4.01. The van der Waals surface area contributed by atoms with Crippen LogP contribution in [0.5, 0.6) is 0 Å². The Balaban J connectivity index is 4.05. The Morgan fingerprint density at radius 1 is 0.931 bits per heavy atom. The number of unbranched alkanes of at least 4 members (excludes halogenated alkanes) is 7. The first kappa shape index (κ1) is 27.8. The Hall–Kier alpha value is -1.24. The van der Waals surface area contributed by atoms with Gasteiger partial charge in [-0.1, -0.05) is 64.0 Å². The van der Waals surface area contributed by atoms with Gasteiger partial charge in [-0.15, -0.1) is 0 Å². The number of Topliss-reactive ketones (excluding diaryl/α,β-unsaturated/α-hetero) is 1. The van der Waals surface area contributed by atoms with Gasteiger partial charge in [-0.2, -0.15) is 0 Å². The largest absolute Gasteiger partial charge is 0.480 e. The van der Waals surface area contributed by atoms with Crippen molar-refractivity contribution in [2.75, 3.05) is 6.61 Å². The van der Waals surface area contributed by atoms with E-state index >= 15 is 0 Å². The minimum Gasteiger partial charge on any atom is -0.480 e. The first-order valence-corrected chi connectivity index (χ1v) is 11.2. The standard InChI is InChI=1S/C23H42O6/c1-3-4-5-11-14-20(26)15-12-9-7-6-8-10-13-16-23(19(2)25,22(28)29)17-21(27)18-24/h9,12,20-21,24,26-27H,3-8,10-11,13-18H2,1-2H3,(H,28,29)/b12-9-/t20-,21?,23?/m1/s1. The molecule has 0 amide bonds. The Kier molecular flexibility index (Phi) is 15.8. The highest BCUT2D eigenvalue weighted by Crippen LogP contribution is 2.32. The molecule has 170 valence electrons. The Morgan fingerprint density at radius 2 is 1.59 bits per heavy atom. The van der Waals surface area contributed by atoms with Crippen molar-refractivity contribution in [1.82, 2.24) is 0 Å². The molecule has 0 bridgehead atoms. The number of rotatable bonds is 19. The van der Waals surface area contributed by atoms with Crippen LogP contribution >= 0.6 is 0 Å². The van der Waals surface area contributed by atoms with Crippen LogP contribution in [0.4, 0.5) is 0 Å². The summed E-state index contributed by atoms with van der Waals surface area (Å²) >= 11 is 0. The summed E-state index contributed by atoms with van der Waals surface area (Å²) in [5.41, 5.74) is -1.62. The lowest BCUT2D eigenvalue weighted by Gasteiger charge is -2.28. The molecule has 6 heteroatoms. The van der Waals surface area contributed by atoms with Crippen LogP contribution in [-0.4, -0.2) is 51.0 Å². The molecule has 0 spiro atoms. The number of hydrogen-bond donors (Lipinski definition) is 4. The summed E-state index contributed by atoms with van der Waals surface area (Å²) in [5.74, 6) is -1.71. The summed E-state index contributed by atoms with van der Waals surface area (Å²) in [6.45, 7) is 2.86. The minimum atomic E-state index is -1.62. The molecule has 0 rings (SSSR count). The molecule has 29 heavy (non-hydrogen) atoms. The number of allylic oxidation sites excluding steroid dienone is 1. The van der Waals surface area contributed by atoms with Crippen molar-refractivity contribution in [3.05, 3.63) is 12.2 Å².